The molecule has 0 aromatic heterocycles. The first kappa shape index (κ1) is 31.5. The molecule has 0 bridgehead atoms. The molecule has 2 aliphatic rings. The number of piperidine rings is 1. The fraction of sp³-hybridized carbons (Fsp3) is 0.382. The number of carbonyl (C=O) groups excluding carboxylic acids is 3. The van der Waals surface area contributed by atoms with Gasteiger partial charge >= 0.3 is 6.09 Å². The zero-order chi connectivity index (χ0) is 31.3. The lowest BCUT2D eigenvalue weighted by Crippen LogP contribution is -2.63. The van der Waals surface area contributed by atoms with Crippen LogP contribution < -0.4 is 16.0 Å². The van der Waals surface area contributed by atoms with Gasteiger partial charge in [0, 0.05) is 36.9 Å². The molecule has 10 heteroatoms. The molecule has 3 aromatic rings. The van der Waals surface area contributed by atoms with Crippen LogP contribution in [0.2, 0.25) is 5.02 Å². The maximum absolute atomic E-state index is 13.6. The van der Waals surface area contributed by atoms with E-state index in [1.165, 1.54) is 19.1 Å². The second-order valence-corrected chi connectivity index (χ2v) is 12.0. The molecule has 1 heterocycles. The number of carbonyl (C=O) groups is 3. The number of methoxy groups -OCH3 is 1. The molecule has 44 heavy (non-hydrogen) atoms. The highest BCUT2D eigenvalue weighted by molar-refractivity contribution is 6.30. The predicted molar refractivity (Wildman–Crippen MR) is 169 cm³/mol. The molecule has 5 rings (SSSR count). The van der Waals surface area contributed by atoms with E-state index in [1.54, 1.807) is 6.92 Å². The van der Waals surface area contributed by atoms with Crippen LogP contribution in [-0.4, -0.2) is 74.3 Å². The average Bonchev–Trinajstić information content (AvgIpc) is 3.34. The smallest absolute Gasteiger partial charge is 0.411 e. The lowest BCUT2D eigenvalue weighted by atomic mass is 9.83. The van der Waals surface area contributed by atoms with Crippen LogP contribution >= 0.6 is 11.6 Å². The second kappa shape index (κ2) is 13.8. The number of hydrogen-bond acceptors (Lipinski definition) is 6. The number of nitrogens with one attached hydrogen (secondary N) is 3. The molecular formula is C34H39ClN4O5. The SMILES string of the molecule is COC[C@H](NC(=O)[C@H](C)N(C)C(=O)OC1c2ccccc2-c2ccccc21)C(=O)N[C@@]1(Cc2ccc(Cl)cc2)CCCNC1. The Morgan fingerprint density at radius 3 is 2.23 bits per heavy atom. The van der Waals surface area contributed by atoms with Crippen LogP contribution in [0.15, 0.2) is 72.8 Å². The van der Waals surface area contributed by atoms with Crippen molar-refractivity contribution < 1.29 is 23.9 Å². The highest BCUT2D eigenvalue weighted by Crippen LogP contribution is 2.45. The molecule has 232 valence electrons. The number of likely N-dealkylation sites (N-methyl/N-ethyl adjacent to an activating group) is 1. The molecule has 0 unspecified atom stereocenters. The number of amides is 3. The van der Waals surface area contributed by atoms with Crippen molar-refractivity contribution in [2.75, 3.05) is 33.9 Å². The monoisotopic (exact) mass is 618 g/mol. The minimum absolute atomic E-state index is 0.0292. The molecule has 0 spiro atoms. The number of fused-ring (bicyclic) bond motifs is 3. The summed E-state index contributed by atoms with van der Waals surface area (Å²) in [6.45, 7) is 3.03. The third-order valence-corrected chi connectivity index (χ3v) is 8.78. The van der Waals surface area contributed by atoms with Crippen LogP contribution in [-0.2, 0) is 25.5 Å². The van der Waals surface area contributed by atoms with Gasteiger partial charge in [0.15, 0.2) is 6.10 Å². The van der Waals surface area contributed by atoms with E-state index in [0.717, 1.165) is 47.2 Å². The quantitative estimate of drug-likeness (QED) is 0.309. The molecule has 0 radical (unpaired) electrons. The second-order valence-electron chi connectivity index (χ2n) is 11.6. The first-order valence-corrected chi connectivity index (χ1v) is 15.3. The molecule has 3 amide bonds. The van der Waals surface area contributed by atoms with Crippen molar-refractivity contribution in [2.45, 2.75) is 49.9 Å². The van der Waals surface area contributed by atoms with Gasteiger partial charge in [0.2, 0.25) is 11.8 Å². The summed E-state index contributed by atoms with van der Waals surface area (Å²) < 4.78 is 11.3. The number of halogens is 1. The highest BCUT2D eigenvalue weighted by atomic mass is 35.5. The van der Waals surface area contributed by atoms with Gasteiger partial charge in [0.1, 0.15) is 12.1 Å². The van der Waals surface area contributed by atoms with Gasteiger partial charge in [0.05, 0.1) is 12.1 Å². The van der Waals surface area contributed by atoms with Gasteiger partial charge in [-0.1, -0.05) is 72.3 Å². The summed E-state index contributed by atoms with van der Waals surface area (Å²) >= 11 is 6.08. The van der Waals surface area contributed by atoms with Gasteiger partial charge in [-0.15, -0.1) is 0 Å². The van der Waals surface area contributed by atoms with Crippen LogP contribution in [0.5, 0.6) is 0 Å². The lowest BCUT2D eigenvalue weighted by Gasteiger charge is -2.40. The van der Waals surface area contributed by atoms with Crippen molar-refractivity contribution in [1.29, 1.82) is 0 Å². The van der Waals surface area contributed by atoms with E-state index in [-0.39, 0.29) is 12.5 Å². The summed E-state index contributed by atoms with van der Waals surface area (Å²) in [5.41, 5.74) is 4.34. The summed E-state index contributed by atoms with van der Waals surface area (Å²) in [6.07, 6.45) is 1.05. The fourth-order valence-corrected chi connectivity index (χ4v) is 6.13. The van der Waals surface area contributed by atoms with Crippen molar-refractivity contribution in [2.24, 2.45) is 0 Å². The maximum atomic E-state index is 13.6. The molecule has 1 saturated heterocycles. The number of nitrogens with zero attached hydrogens (tertiary/aromatic N) is 1. The zero-order valence-electron chi connectivity index (χ0n) is 25.3. The first-order chi connectivity index (χ1) is 21.2. The number of benzene rings is 3. The molecule has 9 nitrogen and oxygen atoms in total. The van der Waals surface area contributed by atoms with Crippen LogP contribution in [0.25, 0.3) is 11.1 Å². The Morgan fingerprint density at radius 2 is 1.64 bits per heavy atom. The Labute approximate surface area is 263 Å². The van der Waals surface area contributed by atoms with Gasteiger partial charge in [0.25, 0.3) is 0 Å². The molecule has 0 saturated carbocycles. The minimum atomic E-state index is -0.961. The van der Waals surface area contributed by atoms with E-state index in [1.807, 2.05) is 72.8 Å². The Kier molecular flexibility index (Phi) is 9.88. The van der Waals surface area contributed by atoms with E-state index in [4.69, 9.17) is 21.1 Å². The van der Waals surface area contributed by atoms with Crippen molar-refractivity contribution in [3.05, 3.63) is 94.5 Å². The third-order valence-electron chi connectivity index (χ3n) is 8.53. The van der Waals surface area contributed by atoms with Crippen molar-refractivity contribution in [1.82, 2.24) is 20.9 Å². The Bertz CT molecular complexity index is 1450. The summed E-state index contributed by atoms with van der Waals surface area (Å²) in [6, 6.07) is 21.3. The van der Waals surface area contributed by atoms with Crippen LogP contribution in [0, 0.1) is 0 Å². The maximum Gasteiger partial charge on any atom is 0.411 e. The van der Waals surface area contributed by atoms with Crippen LogP contribution in [0.3, 0.4) is 0 Å². The topological polar surface area (TPSA) is 109 Å². The molecule has 3 atom stereocenters. The van der Waals surface area contributed by atoms with Gasteiger partial charge in [-0.25, -0.2) is 4.79 Å². The average molecular weight is 619 g/mol. The fourth-order valence-electron chi connectivity index (χ4n) is 6.01. The third kappa shape index (κ3) is 6.90. The van der Waals surface area contributed by atoms with Crippen LogP contribution in [0.4, 0.5) is 4.79 Å². The molecule has 1 aliphatic heterocycles. The standard InChI is InChI=1S/C34H39ClN4O5/c1-22(39(2)33(42)44-30-27-11-6-4-9-25(27)26-10-5-7-12-28(26)30)31(40)37-29(20-43-3)32(41)38-34(17-8-18-36-21-34)19-23-13-15-24(35)16-14-23/h4-7,9-16,22,29-30,36H,8,17-21H2,1-3H3,(H,37,40)(H,38,41)/t22-,29-,34+/m0/s1. The van der Waals surface area contributed by atoms with E-state index >= 15 is 0 Å². The Morgan fingerprint density at radius 1 is 1.00 bits per heavy atom. The minimum Gasteiger partial charge on any atom is -0.436 e. The molecule has 1 aliphatic carbocycles. The number of hydrogen-bond donors (Lipinski definition) is 3. The lowest BCUT2D eigenvalue weighted by molar-refractivity contribution is -0.133. The van der Waals surface area contributed by atoms with E-state index in [2.05, 4.69) is 16.0 Å². The van der Waals surface area contributed by atoms with E-state index in [9.17, 15) is 14.4 Å². The zero-order valence-corrected chi connectivity index (χ0v) is 26.0. The van der Waals surface area contributed by atoms with E-state index < -0.39 is 35.7 Å². The Hall–Kier alpha value is -3.92. The molecule has 1 fully saturated rings. The first-order valence-electron chi connectivity index (χ1n) is 14.9. The normalized spacial score (nSPS) is 18.8. The van der Waals surface area contributed by atoms with Crippen molar-refractivity contribution >= 4 is 29.5 Å². The van der Waals surface area contributed by atoms with Crippen molar-refractivity contribution in [3.8, 4) is 11.1 Å². The van der Waals surface area contributed by atoms with Crippen LogP contribution in [0.1, 0.15) is 42.6 Å². The van der Waals surface area contributed by atoms with Gasteiger partial charge < -0.3 is 25.4 Å². The van der Waals surface area contributed by atoms with Crippen molar-refractivity contribution in [3.63, 3.8) is 0 Å². The summed E-state index contributed by atoms with van der Waals surface area (Å²) in [7, 11) is 2.99. The summed E-state index contributed by atoms with van der Waals surface area (Å²) in [5, 5.41) is 10.0. The van der Waals surface area contributed by atoms with Gasteiger partial charge in [-0.3, -0.25) is 14.5 Å². The summed E-state index contributed by atoms with van der Waals surface area (Å²) in [4.78, 5) is 41.6. The molecular weight excluding hydrogens is 580 g/mol. The summed E-state index contributed by atoms with van der Waals surface area (Å²) in [5.74, 6) is -0.850. The molecule has 3 N–H and O–H groups in total. The predicted octanol–water partition coefficient (Wildman–Crippen LogP) is 4.48. The Balaban J connectivity index is 1.24. The largest absolute Gasteiger partial charge is 0.436 e. The van der Waals surface area contributed by atoms with Gasteiger partial charge in [-0.05, 0) is 61.6 Å². The highest BCUT2D eigenvalue weighted by Gasteiger charge is 2.38. The van der Waals surface area contributed by atoms with Gasteiger partial charge in [-0.2, -0.15) is 0 Å². The number of ether oxygens (including phenoxy) is 2. The van der Waals surface area contributed by atoms with E-state index in [0.29, 0.717) is 18.0 Å². The molecule has 3 aromatic carbocycles. The number of rotatable bonds is 10.